The molecule has 0 unspecified atom stereocenters. The topological polar surface area (TPSA) is 160 Å². The van der Waals surface area contributed by atoms with Crippen molar-refractivity contribution in [3.05, 3.63) is 63.1 Å². The Labute approximate surface area is 204 Å². The van der Waals surface area contributed by atoms with Gasteiger partial charge < -0.3 is 26.2 Å². The second-order valence-corrected chi connectivity index (χ2v) is 7.97. The summed E-state index contributed by atoms with van der Waals surface area (Å²) < 4.78 is 5.13. The van der Waals surface area contributed by atoms with Gasteiger partial charge in [-0.05, 0) is 40.4 Å². The molecule has 3 rings (SSSR count). The van der Waals surface area contributed by atoms with Crippen LogP contribution in [0.1, 0.15) is 43.6 Å². The van der Waals surface area contributed by atoms with E-state index in [0.29, 0.717) is 6.29 Å². The molecular weight excluding hydrogens is 504 g/mol. The van der Waals surface area contributed by atoms with Gasteiger partial charge in [-0.3, -0.25) is 9.59 Å². The summed E-state index contributed by atoms with van der Waals surface area (Å²) in [6.45, 7) is 1.96. The van der Waals surface area contributed by atoms with Gasteiger partial charge in [-0.15, -0.1) is 0 Å². The number of rotatable bonds is 4. The molecule has 5 N–H and O–H groups in total. The third-order valence-electron chi connectivity index (χ3n) is 4.76. The Morgan fingerprint density at radius 3 is 2.41 bits per heavy atom. The molecule has 0 aromatic heterocycles. The molecule has 0 fully saturated rings. The Balaban J connectivity index is 0.000000240. The SMILES string of the molecule is CCOC(=O)c1cc2ccccc2c(N)c1O.CN(C)C(=O)c1c(C=O)cc(C#N)c(N)c1Br. The van der Waals surface area contributed by atoms with E-state index in [1.807, 2.05) is 24.3 Å². The van der Waals surface area contributed by atoms with E-state index in [-0.39, 0.29) is 56.4 Å². The fourth-order valence-corrected chi connectivity index (χ4v) is 3.65. The van der Waals surface area contributed by atoms with Crippen molar-refractivity contribution >= 4 is 56.2 Å². The van der Waals surface area contributed by atoms with Crippen LogP contribution in [0, 0.1) is 11.3 Å². The van der Waals surface area contributed by atoms with Crippen LogP contribution in [0.3, 0.4) is 0 Å². The number of nitrogens with zero attached hydrogens (tertiary/aromatic N) is 2. The predicted molar refractivity (Wildman–Crippen MR) is 133 cm³/mol. The molecule has 0 spiro atoms. The summed E-state index contributed by atoms with van der Waals surface area (Å²) in [5, 5.41) is 20.2. The maximum atomic E-state index is 11.9. The van der Waals surface area contributed by atoms with Gasteiger partial charge in [0.25, 0.3) is 5.91 Å². The van der Waals surface area contributed by atoms with Crippen LogP contribution in [0.5, 0.6) is 5.75 Å². The molecule has 0 aliphatic heterocycles. The first-order chi connectivity index (χ1) is 16.1. The number of carbonyl (C=O) groups excluding carboxylic acids is 3. The van der Waals surface area contributed by atoms with Crippen molar-refractivity contribution in [1.29, 1.82) is 5.26 Å². The Kier molecular flexibility index (Phi) is 8.58. The maximum Gasteiger partial charge on any atom is 0.342 e. The van der Waals surface area contributed by atoms with Crippen LogP contribution in [-0.2, 0) is 4.74 Å². The number of hydrogen-bond donors (Lipinski definition) is 3. The molecule has 34 heavy (non-hydrogen) atoms. The number of esters is 1. The number of halogens is 1. The van der Waals surface area contributed by atoms with E-state index in [4.69, 9.17) is 21.5 Å². The molecule has 0 bridgehead atoms. The second-order valence-electron chi connectivity index (χ2n) is 7.17. The van der Waals surface area contributed by atoms with Crippen molar-refractivity contribution in [3.63, 3.8) is 0 Å². The van der Waals surface area contributed by atoms with Gasteiger partial charge in [0.2, 0.25) is 0 Å². The Bertz CT molecular complexity index is 1320. The van der Waals surface area contributed by atoms with Crippen LogP contribution in [0.2, 0.25) is 0 Å². The third-order valence-corrected chi connectivity index (χ3v) is 5.58. The lowest BCUT2D eigenvalue weighted by molar-refractivity contribution is 0.0523. The molecule has 1 amide bonds. The van der Waals surface area contributed by atoms with Crippen molar-refractivity contribution in [2.45, 2.75) is 6.92 Å². The van der Waals surface area contributed by atoms with E-state index >= 15 is 0 Å². The summed E-state index contributed by atoms with van der Waals surface area (Å²) in [5.41, 5.74) is 12.4. The lowest BCUT2D eigenvalue weighted by Gasteiger charge is -2.15. The van der Waals surface area contributed by atoms with E-state index in [9.17, 15) is 19.5 Å². The first kappa shape index (κ1) is 26.2. The maximum absolute atomic E-state index is 11.9. The Hall–Kier alpha value is -4.10. The number of anilines is 2. The summed E-state index contributed by atoms with van der Waals surface area (Å²) in [7, 11) is 3.13. The number of fused-ring (bicyclic) bond motifs is 1. The number of nitriles is 1. The second kappa shape index (κ2) is 11.2. The largest absolute Gasteiger partial charge is 0.505 e. The standard InChI is InChI=1S/C13H13NO3.C11H10BrN3O2/c1-2-17-13(16)10-7-8-5-3-4-6-9(8)11(14)12(10)15;1-15(2)11(17)8-7(5-16)3-6(4-13)10(14)9(8)12/h3-7,15H,2,14H2,1H3;3,5H,14H2,1-2H3. The summed E-state index contributed by atoms with van der Waals surface area (Å²) in [6.07, 6.45) is 0.530. The Morgan fingerprint density at radius 2 is 1.85 bits per heavy atom. The molecule has 0 aliphatic carbocycles. The van der Waals surface area contributed by atoms with Crippen LogP contribution in [0.4, 0.5) is 11.4 Å². The van der Waals surface area contributed by atoms with Crippen molar-refractivity contribution in [1.82, 2.24) is 4.90 Å². The molecule has 0 atom stereocenters. The molecule has 3 aromatic carbocycles. The van der Waals surface area contributed by atoms with Gasteiger partial charge in [0.15, 0.2) is 12.0 Å². The number of hydrogen-bond acceptors (Lipinski definition) is 8. The highest BCUT2D eigenvalue weighted by atomic mass is 79.9. The summed E-state index contributed by atoms with van der Waals surface area (Å²) in [4.78, 5) is 35.8. The molecule has 0 saturated carbocycles. The number of carbonyl (C=O) groups is 3. The van der Waals surface area contributed by atoms with Crippen molar-refractivity contribution in [3.8, 4) is 11.8 Å². The summed E-state index contributed by atoms with van der Waals surface area (Å²) in [6, 6.07) is 12.0. The normalized spacial score (nSPS) is 9.97. The van der Waals surface area contributed by atoms with Gasteiger partial charge in [0.1, 0.15) is 11.6 Å². The molecule has 9 nitrogen and oxygen atoms in total. The summed E-state index contributed by atoms with van der Waals surface area (Å²) in [5.74, 6) is -1.14. The number of nitrogen functional groups attached to an aromatic ring is 2. The van der Waals surface area contributed by atoms with Crippen LogP contribution in [-0.4, -0.2) is 48.9 Å². The molecule has 3 aromatic rings. The molecule has 0 heterocycles. The van der Waals surface area contributed by atoms with E-state index < -0.39 is 5.97 Å². The van der Waals surface area contributed by atoms with Crippen LogP contribution < -0.4 is 11.5 Å². The monoisotopic (exact) mass is 526 g/mol. The highest BCUT2D eigenvalue weighted by Crippen LogP contribution is 2.34. The molecule has 10 heteroatoms. The molecule has 176 valence electrons. The molecular formula is C24H23BrN4O5. The van der Waals surface area contributed by atoms with Crippen LogP contribution >= 0.6 is 15.9 Å². The average Bonchev–Trinajstić information content (AvgIpc) is 2.83. The minimum Gasteiger partial charge on any atom is -0.505 e. The number of phenolic OH excluding ortho intramolecular Hbond substituents is 1. The van der Waals surface area contributed by atoms with Crippen molar-refractivity contribution in [2.75, 3.05) is 32.2 Å². The van der Waals surface area contributed by atoms with E-state index in [0.717, 1.165) is 10.8 Å². The van der Waals surface area contributed by atoms with Crippen molar-refractivity contribution in [2.24, 2.45) is 0 Å². The van der Waals surface area contributed by atoms with Gasteiger partial charge in [-0.1, -0.05) is 24.3 Å². The van der Waals surface area contributed by atoms with Crippen LogP contribution in [0.15, 0.2) is 40.9 Å². The van der Waals surface area contributed by atoms with Gasteiger partial charge in [-0.25, -0.2) is 4.79 Å². The zero-order chi connectivity index (χ0) is 25.6. The van der Waals surface area contributed by atoms with Crippen LogP contribution in [0.25, 0.3) is 10.8 Å². The third kappa shape index (κ3) is 5.27. The van der Waals surface area contributed by atoms with E-state index in [1.54, 1.807) is 33.2 Å². The number of aromatic hydroxyl groups is 1. The predicted octanol–water partition coefficient (Wildman–Crippen LogP) is 3.72. The molecule has 0 radical (unpaired) electrons. The highest BCUT2D eigenvalue weighted by molar-refractivity contribution is 9.10. The zero-order valence-electron chi connectivity index (χ0n) is 18.8. The Morgan fingerprint density at radius 1 is 1.21 bits per heavy atom. The molecule has 0 saturated heterocycles. The number of benzene rings is 3. The highest BCUT2D eigenvalue weighted by Gasteiger charge is 2.21. The lowest BCUT2D eigenvalue weighted by atomic mass is 10.0. The minimum absolute atomic E-state index is 0.100. The number of amides is 1. The smallest absolute Gasteiger partial charge is 0.342 e. The van der Waals surface area contributed by atoms with Gasteiger partial charge >= 0.3 is 5.97 Å². The quantitative estimate of drug-likeness (QED) is 0.200. The van der Waals surface area contributed by atoms with E-state index in [1.165, 1.54) is 11.0 Å². The number of aldehydes is 1. The fraction of sp³-hybridized carbons (Fsp3) is 0.167. The average molecular weight is 527 g/mol. The van der Waals surface area contributed by atoms with Crippen molar-refractivity contribution < 1.29 is 24.2 Å². The first-order valence-corrected chi connectivity index (χ1v) is 10.7. The number of nitrogens with two attached hydrogens (primary N) is 2. The minimum atomic E-state index is -0.567. The van der Waals surface area contributed by atoms with Gasteiger partial charge in [0, 0.05) is 25.0 Å². The zero-order valence-corrected chi connectivity index (χ0v) is 20.3. The molecule has 0 aliphatic rings. The first-order valence-electron chi connectivity index (χ1n) is 9.95. The van der Waals surface area contributed by atoms with Gasteiger partial charge in [-0.2, -0.15) is 5.26 Å². The summed E-state index contributed by atoms with van der Waals surface area (Å²) >= 11 is 3.15. The van der Waals surface area contributed by atoms with E-state index in [2.05, 4.69) is 15.9 Å². The lowest BCUT2D eigenvalue weighted by Crippen LogP contribution is -2.24. The number of ether oxygens (including phenoxy) is 1. The van der Waals surface area contributed by atoms with Gasteiger partial charge in [0.05, 0.1) is 33.6 Å². The fourth-order valence-electron chi connectivity index (χ4n) is 3.04. The number of phenols is 1.